The van der Waals surface area contributed by atoms with Gasteiger partial charge in [-0.2, -0.15) is 0 Å². The van der Waals surface area contributed by atoms with Crippen LogP contribution in [-0.2, 0) is 0 Å². The van der Waals surface area contributed by atoms with Crippen molar-refractivity contribution in [3.05, 3.63) is 29.6 Å². The highest BCUT2D eigenvalue weighted by atomic mass is 19.1. The zero-order chi connectivity index (χ0) is 10.7. The largest absolute Gasteiger partial charge is 0.382 e. The summed E-state index contributed by atoms with van der Waals surface area (Å²) in [4.78, 5) is 0. The van der Waals surface area contributed by atoms with E-state index in [4.69, 9.17) is 0 Å². The van der Waals surface area contributed by atoms with Crippen LogP contribution in [-0.4, -0.2) is 19.1 Å². The molecule has 3 heteroatoms. The van der Waals surface area contributed by atoms with E-state index in [2.05, 4.69) is 10.6 Å². The van der Waals surface area contributed by atoms with Gasteiger partial charge >= 0.3 is 0 Å². The summed E-state index contributed by atoms with van der Waals surface area (Å²) in [6.07, 6.45) is 2.21. The van der Waals surface area contributed by atoms with Crippen LogP contribution in [0.4, 0.5) is 10.1 Å². The molecule has 1 aromatic rings. The maximum atomic E-state index is 13.0. The summed E-state index contributed by atoms with van der Waals surface area (Å²) in [5, 5.41) is 6.72. The Morgan fingerprint density at radius 1 is 1.33 bits per heavy atom. The van der Waals surface area contributed by atoms with Gasteiger partial charge in [-0.05, 0) is 50.6 Å². The zero-order valence-electron chi connectivity index (χ0n) is 9.02. The van der Waals surface area contributed by atoms with Crippen LogP contribution in [0.25, 0.3) is 0 Å². The molecule has 0 saturated carbocycles. The van der Waals surface area contributed by atoms with E-state index in [1.54, 1.807) is 6.07 Å². The lowest BCUT2D eigenvalue weighted by Gasteiger charge is -2.25. The molecule has 0 aliphatic carbocycles. The molecule has 0 spiro atoms. The Bertz CT molecular complexity index is 332. The fourth-order valence-corrected chi connectivity index (χ4v) is 1.94. The minimum absolute atomic E-state index is 0.169. The molecule has 1 aromatic carbocycles. The third-order valence-corrected chi connectivity index (χ3v) is 2.90. The molecule has 1 heterocycles. The predicted molar refractivity (Wildman–Crippen MR) is 60.7 cm³/mol. The summed E-state index contributed by atoms with van der Waals surface area (Å²) in [6, 6.07) is 5.38. The molecule has 1 aliphatic rings. The molecular formula is C12H17FN2. The lowest BCUT2D eigenvalue weighted by Crippen LogP contribution is -2.35. The first-order valence-corrected chi connectivity index (χ1v) is 5.49. The second-order valence-corrected chi connectivity index (χ2v) is 4.13. The molecule has 0 aromatic heterocycles. The molecule has 0 unspecified atom stereocenters. The first kappa shape index (κ1) is 10.4. The van der Waals surface area contributed by atoms with Gasteiger partial charge in [0.25, 0.3) is 0 Å². The normalized spacial score (nSPS) is 17.7. The third kappa shape index (κ3) is 2.69. The highest BCUT2D eigenvalue weighted by Gasteiger charge is 2.13. The van der Waals surface area contributed by atoms with Crippen LogP contribution in [0.5, 0.6) is 0 Å². The Morgan fingerprint density at radius 2 is 2.07 bits per heavy atom. The van der Waals surface area contributed by atoms with E-state index in [9.17, 15) is 4.39 Å². The number of rotatable bonds is 2. The maximum absolute atomic E-state index is 13.0. The topological polar surface area (TPSA) is 24.1 Å². The van der Waals surface area contributed by atoms with E-state index in [0.717, 1.165) is 37.2 Å². The monoisotopic (exact) mass is 208 g/mol. The minimum atomic E-state index is -0.169. The Kier molecular flexibility index (Phi) is 3.21. The van der Waals surface area contributed by atoms with Crippen LogP contribution in [0.2, 0.25) is 0 Å². The predicted octanol–water partition coefficient (Wildman–Crippen LogP) is 2.30. The molecular weight excluding hydrogens is 191 g/mol. The van der Waals surface area contributed by atoms with Crippen molar-refractivity contribution in [3.63, 3.8) is 0 Å². The van der Waals surface area contributed by atoms with Gasteiger partial charge in [0.1, 0.15) is 5.82 Å². The molecule has 0 bridgehead atoms. The van der Waals surface area contributed by atoms with Crippen molar-refractivity contribution < 1.29 is 4.39 Å². The number of benzene rings is 1. The fourth-order valence-electron chi connectivity index (χ4n) is 1.94. The minimum Gasteiger partial charge on any atom is -0.382 e. The van der Waals surface area contributed by atoms with Gasteiger partial charge in [-0.3, -0.25) is 0 Å². The number of nitrogens with one attached hydrogen (secondary N) is 2. The van der Waals surface area contributed by atoms with Crippen LogP contribution in [0.3, 0.4) is 0 Å². The number of hydrogen-bond donors (Lipinski definition) is 2. The molecule has 0 atom stereocenters. The zero-order valence-corrected chi connectivity index (χ0v) is 9.02. The quantitative estimate of drug-likeness (QED) is 0.779. The van der Waals surface area contributed by atoms with E-state index >= 15 is 0 Å². The number of anilines is 1. The smallest absolute Gasteiger partial charge is 0.125 e. The van der Waals surface area contributed by atoms with E-state index < -0.39 is 0 Å². The van der Waals surface area contributed by atoms with Gasteiger partial charge in [0.15, 0.2) is 0 Å². The van der Waals surface area contributed by atoms with Crippen LogP contribution in [0, 0.1) is 12.7 Å². The Labute approximate surface area is 89.9 Å². The second-order valence-electron chi connectivity index (χ2n) is 4.13. The summed E-state index contributed by atoms with van der Waals surface area (Å²) in [5.74, 6) is -0.169. The van der Waals surface area contributed by atoms with E-state index in [1.165, 1.54) is 6.07 Å². The Balaban J connectivity index is 2.05. The van der Waals surface area contributed by atoms with Crippen molar-refractivity contribution in [2.24, 2.45) is 0 Å². The third-order valence-electron chi connectivity index (χ3n) is 2.90. The molecule has 0 amide bonds. The summed E-state index contributed by atoms with van der Waals surface area (Å²) >= 11 is 0. The average Bonchev–Trinajstić information content (AvgIpc) is 2.25. The van der Waals surface area contributed by atoms with Crippen LogP contribution in [0.15, 0.2) is 18.2 Å². The first-order valence-electron chi connectivity index (χ1n) is 5.49. The van der Waals surface area contributed by atoms with Crippen molar-refractivity contribution >= 4 is 5.69 Å². The SMILES string of the molecule is Cc1ccc(F)cc1NC1CCNCC1. The highest BCUT2D eigenvalue weighted by Crippen LogP contribution is 2.19. The van der Waals surface area contributed by atoms with Crippen LogP contribution in [0.1, 0.15) is 18.4 Å². The molecule has 1 aliphatic heterocycles. The molecule has 2 N–H and O–H groups in total. The molecule has 1 saturated heterocycles. The van der Waals surface area contributed by atoms with Crippen molar-refractivity contribution in [3.8, 4) is 0 Å². The van der Waals surface area contributed by atoms with Crippen LogP contribution < -0.4 is 10.6 Å². The number of aryl methyl sites for hydroxylation is 1. The maximum Gasteiger partial charge on any atom is 0.125 e. The number of piperidine rings is 1. The van der Waals surface area contributed by atoms with Gasteiger partial charge in [0, 0.05) is 11.7 Å². The highest BCUT2D eigenvalue weighted by molar-refractivity contribution is 5.51. The summed E-state index contributed by atoms with van der Waals surface area (Å²) in [7, 11) is 0. The van der Waals surface area contributed by atoms with E-state index in [0.29, 0.717) is 6.04 Å². The summed E-state index contributed by atoms with van der Waals surface area (Å²) in [6.45, 7) is 4.10. The molecule has 2 nitrogen and oxygen atoms in total. The summed E-state index contributed by atoms with van der Waals surface area (Å²) < 4.78 is 13.0. The van der Waals surface area contributed by atoms with E-state index in [-0.39, 0.29) is 5.82 Å². The number of hydrogen-bond acceptors (Lipinski definition) is 2. The van der Waals surface area contributed by atoms with Crippen molar-refractivity contribution in [2.75, 3.05) is 18.4 Å². The second kappa shape index (κ2) is 4.62. The van der Waals surface area contributed by atoms with Crippen molar-refractivity contribution in [1.82, 2.24) is 5.32 Å². The van der Waals surface area contributed by atoms with Gasteiger partial charge < -0.3 is 10.6 Å². The standard InChI is InChI=1S/C12H17FN2/c1-9-2-3-10(13)8-12(9)15-11-4-6-14-7-5-11/h2-3,8,11,14-15H,4-7H2,1H3. The fraction of sp³-hybridized carbons (Fsp3) is 0.500. The lowest BCUT2D eigenvalue weighted by atomic mass is 10.1. The van der Waals surface area contributed by atoms with Gasteiger partial charge in [-0.15, -0.1) is 0 Å². The average molecular weight is 208 g/mol. The van der Waals surface area contributed by atoms with Gasteiger partial charge in [-0.25, -0.2) is 4.39 Å². The van der Waals surface area contributed by atoms with Crippen molar-refractivity contribution in [1.29, 1.82) is 0 Å². The van der Waals surface area contributed by atoms with Gasteiger partial charge in [0.2, 0.25) is 0 Å². The molecule has 82 valence electrons. The molecule has 2 rings (SSSR count). The van der Waals surface area contributed by atoms with Crippen molar-refractivity contribution in [2.45, 2.75) is 25.8 Å². The Morgan fingerprint density at radius 3 is 2.80 bits per heavy atom. The summed E-state index contributed by atoms with van der Waals surface area (Å²) in [5.41, 5.74) is 2.04. The van der Waals surface area contributed by atoms with Crippen LogP contribution >= 0.6 is 0 Å². The lowest BCUT2D eigenvalue weighted by molar-refractivity contribution is 0.478. The number of halogens is 1. The molecule has 15 heavy (non-hydrogen) atoms. The van der Waals surface area contributed by atoms with Gasteiger partial charge in [0.05, 0.1) is 0 Å². The van der Waals surface area contributed by atoms with Gasteiger partial charge in [-0.1, -0.05) is 6.07 Å². The van der Waals surface area contributed by atoms with E-state index in [1.807, 2.05) is 13.0 Å². The Hall–Kier alpha value is -1.09. The first-order chi connectivity index (χ1) is 7.25. The molecule has 1 fully saturated rings. The molecule has 0 radical (unpaired) electrons.